The predicted molar refractivity (Wildman–Crippen MR) is 75.0 cm³/mol. The van der Waals surface area contributed by atoms with E-state index in [0.29, 0.717) is 36.8 Å². The molecule has 5 nitrogen and oxygen atoms in total. The molecule has 2 N–H and O–H groups in total. The summed E-state index contributed by atoms with van der Waals surface area (Å²) < 4.78 is 34.2. The van der Waals surface area contributed by atoms with E-state index < -0.39 is 9.84 Å². The van der Waals surface area contributed by atoms with Crippen LogP contribution in [0.1, 0.15) is 12.0 Å². The Hall–Kier alpha value is -1.11. The van der Waals surface area contributed by atoms with Crippen molar-refractivity contribution in [1.29, 1.82) is 0 Å². The summed E-state index contributed by atoms with van der Waals surface area (Å²) in [7, 11) is -1.66. The van der Waals surface area contributed by atoms with Crippen LogP contribution in [0.2, 0.25) is 0 Å². The third-order valence-corrected chi connectivity index (χ3v) is 4.53. The second-order valence-corrected chi connectivity index (χ2v) is 6.41. The number of anilines is 1. The zero-order chi connectivity index (χ0) is 14.3. The highest BCUT2D eigenvalue weighted by Gasteiger charge is 2.14. The summed E-state index contributed by atoms with van der Waals surface area (Å²) >= 11 is 0. The van der Waals surface area contributed by atoms with E-state index in [1.807, 2.05) is 0 Å². The van der Waals surface area contributed by atoms with Crippen LogP contribution in [0.15, 0.2) is 23.1 Å². The van der Waals surface area contributed by atoms with Crippen LogP contribution in [0, 0.1) is 6.92 Å². The van der Waals surface area contributed by atoms with Gasteiger partial charge >= 0.3 is 0 Å². The van der Waals surface area contributed by atoms with E-state index in [9.17, 15) is 8.42 Å². The van der Waals surface area contributed by atoms with Crippen LogP contribution in [0.3, 0.4) is 0 Å². The molecule has 0 atom stereocenters. The van der Waals surface area contributed by atoms with Gasteiger partial charge in [-0.15, -0.1) is 0 Å². The van der Waals surface area contributed by atoms with Crippen molar-refractivity contribution >= 4 is 15.5 Å². The predicted octanol–water partition coefficient (Wildman–Crippen LogP) is 1.40. The molecule has 0 spiro atoms. The van der Waals surface area contributed by atoms with Gasteiger partial charge in [0.25, 0.3) is 0 Å². The Balaban J connectivity index is 2.49. The number of benzene rings is 1. The minimum absolute atomic E-state index is 0.0728. The molecule has 0 aliphatic heterocycles. The fourth-order valence-corrected chi connectivity index (χ4v) is 2.92. The zero-order valence-corrected chi connectivity index (χ0v) is 12.2. The Morgan fingerprint density at radius 3 is 2.58 bits per heavy atom. The number of sulfone groups is 1. The van der Waals surface area contributed by atoms with Crippen molar-refractivity contribution in [1.82, 2.24) is 0 Å². The molecule has 1 rings (SSSR count). The van der Waals surface area contributed by atoms with Gasteiger partial charge in [0.2, 0.25) is 0 Å². The van der Waals surface area contributed by atoms with Gasteiger partial charge < -0.3 is 15.2 Å². The minimum Gasteiger partial charge on any atom is -0.399 e. The van der Waals surface area contributed by atoms with E-state index in [1.54, 1.807) is 32.2 Å². The highest BCUT2D eigenvalue weighted by molar-refractivity contribution is 7.91. The van der Waals surface area contributed by atoms with Crippen LogP contribution in [0.4, 0.5) is 5.69 Å². The van der Waals surface area contributed by atoms with E-state index in [1.165, 1.54) is 0 Å². The third kappa shape index (κ3) is 5.18. The Labute approximate surface area is 114 Å². The Morgan fingerprint density at radius 1 is 1.21 bits per heavy atom. The van der Waals surface area contributed by atoms with Crippen LogP contribution in [-0.4, -0.2) is 41.1 Å². The van der Waals surface area contributed by atoms with Crippen molar-refractivity contribution in [2.75, 3.05) is 38.4 Å². The molecular weight excluding hydrogens is 266 g/mol. The molecule has 0 bridgehead atoms. The number of ether oxygens (including phenoxy) is 2. The lowest BCUT2D eigenvalue weighted by Gasteiger charge is -2.07. The molecule has 1 aromatic carbocycles. The summed E-state index contributed by atoms with van der Waals surface area (Å²) in [5.74, 6) is 0.0728. The molecule has 108 valence electrons. The molecule has 0 aromatic heterocycles. The number of hydrogen-bond donors (Lipinski definition) is 1. The van der Waals surface area contributed by atoms with E-state index in [0.717, 1.165) is 5.56 Å². The number of methoxy groups -OCH3 is 1. The second kappa shape index (κ2) is 7.47. The molecule has 0 radical (unpaired) electrons. The maximum absolute atomic E-state index is 12.1. The van der Waals surface area contributed by atoms with Crippen molar-refractivity contribution in [3.05, 3.63) is 23.8 Å². The Kier molecular flexibility index (Phi) is 6.27. The Morgan fingerprint density at radius 2 is 1.95 bits per heavy atom. The van der Waals surface area contributed by atoms with Gasteiger partial charge in [0, 0.05) is 19.4 Å². The molecule has 0 fully saturated rings. The SMILES string of the molecule is COCCOCCCS(=O)(=O)c1ccc(N)c(C)c1. The normalized spacial score (nSPS) is 11.7. The number of rotatable bonds is 8. The van der Waals surface area contributed by atoms with Gasteiger partial charge in [-0.2, -0.15) is 0 Å². The first kappa shape index (κ1) is 15.9. The summed E-state index contributed by atoms with van der Waals surface area (Å²) in [6.45, 7) is 3.21. The Bertz CT molecular complexity index is 499. The first-order valence-corrected chi connectivity index (χ1v) is 7.78. The van der Waals surface area contributed by atoms with E-state index >= 15 is 0 Å². The maximum atomic E-state index is 12.1. The molecule has 6 heteroatoms. The standard InChI is InChI=1S/C13H21NO4S/c1-11-10-12(4-5-13(11)14)19(15,16)9-3-6-18-8-7-17-2/h4-5,10H,3,6-9,14H2,1-2H3. The fourth-order valence-electron chi connectivity index (χ4n) is 1.55. The summed E-state index contributed by atoms with van der Waals surface area (Å²) in [6.07, 6.45) is 0.468. The topological polar surface area (TPSA) is 78.6 Å². The van der Waals surface area contributed by atoms with Crippen molar-refractivity contribution in [3.8, 4) is 0 Å². The molecule has 1 aromatic rings. The van der Waals surface area contributed by atoms with Crippen molar-refractivity contribution in [2.24, 2.45) is 0 Å². The third-order valence-electron chi connectivity index (χ3n) is 2.73. The van der Waals surface area contributed by atoms with Crippen molar-refractivity contribution < 1.29 is 17.9 Å². The monoisotopic (exact) mass is 287 g/mol. The molecule has 0 aliphatic rings. The van der Waals surface area contributed by atoms with Gasteiger partial charge in [0.05, 0.1) is 23.9 Å². The van der Waals surface area contributed by atoms with Crippen molar-refractivity contribution in [3.63, 3.8) is 0 Å². The molecule has 0 saturated carbocycles. The van der Waals surface area contributed by atoms with Gasteiger partial charge in [-0.05, 0) is 37.1 Å². The number of aryl methyl sites for hydroxylation is 1. The molecule has 0 aliphatic carbocycles. The number of hydrogen-bond acceptors (Lipinski definition) is 5. The first-order valence-electron chi connectivity index (χ1n) is 6.13. The lowest BCUT2D eigenvalue weighted by atomic mass is 10.2. The van der Waals surface area contributed by atoms with E-state index in [2.05, 4.69) is 0 Å². The highest BCUT2D eigenvalue weighted by atomic mass is 32.2. The lowest BCUT2D eigenvalue weighted by molar-refractivity contribution is 0.0712. The fraction of sp³-hybridized carbons (Fsp3) is 0.538. The van der Waals surface area contributed by atoms with Crippen LogP contribution in [0.25, 0.3) is 0 Å². The van der Waals surface area contributed by atoms with Crippen LogP contribution in [-0.2, 0) is 19.3 Å². The second-order valence-electron chi connectivity index (χ2n) is 4.30. The molecular formula is C13H21NO4S. The summed E-state index contributed by atoms with van der Waals surface area (Å²) in [4.78, 5) is 0.316. The van der Waals surface area contributed by atoms with Crippen molar-refractivity contribution in [2.45, 2.75) is 18.2 Å². The van der Waals surface area contributed by atoms with Crippen LogP contribution in [0.5, 0.6) is 0 Å². The van der Waals surface area contributed by atoms with Gasteiger partial charge in [-0.1, -0.05) is 0 Å². The lowest BCUT2D eigenvalue weighted by Crippen LogP contribution is -2.11. The minimum atomic E-state index is -3.26. The van der Waals surface area contributed by atoms with Crippen LogP contribution >= 0.6 is 0 Å². The smallest absolute Gasteiger partial charge is 0.178 e. The average Bonchev–Trinajstić information content (AvgIpc) is 2.36. The first-order chi connectivity index (χ1) is 8.97. The molecule has 19 heavy (non-hydrogen) atoms. The van der Waals surface area contributed by atoms with Gasteiger partial charge in [-0.25, -0.2) is 8.42 Å². The number of nitrogen functional groups attached to an aromatic ring is 1. The quantitative estimate of drug-likeness (QED) is 0.577. The highest BCUT2D eigenvalue weighted by Crippen LogP contribution is 2.18. The molecule has 0 heterocycles. The summed E-state index contributed by atoms with van der Waals surface area (Å²) in [6, 6.07) is 4.77. The maximum Gasteiger partial charge on any atom is 0.178 e. The van der Waals surface area contributed by atoms with E-state index in [-0.39, 0.29) is 5.75 Å². The summed E-state index contributed by atoms with van der Waals surface area (Å²) in [5.41, 5.74) is 7.05. The zero-order valence-electron chi connectivity index (χ0n) is 11.4. The molecule has 0 saturated heterocycles. The number of nitrogens with two attached hydrogens (primary N) is 1. The van der Waals surface area contributed by atoms with E-state index in [4.69, 9.17) is 15.2 Å². The van der Waals surface area contributed by atoms with Gasteiger partial charge in [0.1, 0.15) is 0 Å². The molecule has 0 amide bonds. The van der Waals surface area contributed by atoms with Gasteiger partial charge in [-0.3, -0.25) is 0 Å². The average molecular weight is 287 g/mol. The largest absolute Gasteiger partial charge is 0.399 e. The van der Waals surface area contributed by atoms with Gasteiger partial charge in [0.15, 0.2) is 9.84 Å². The summed E-state index contributed by atoms with van der Waals surface area (Å²) in [5, 5.41) is 0. The molecule has 0 unspecified atom stereocenters. The van der Waals surface area contributed by atoms with Crippen LogP contribution < -0.4 is 5.73 Å².